The standard InChI is InChI=1S/C56H113O9P/c1-3-5-7-9-11-13-15-17-19-21-23-25-26-27-29-31-33-35-37-39-41-43-45-47-49-62-52-55(53-64-66(60,61)63-51-54(58)50-57)65-56(59)48-46-44-42-40-38-36-34-32-30-28-24-22-20-18-16-14-12-10-8-6-4-2/h54-55,57-58H,3-53H2,1-2H3,(H,60,61). The van der Waals surface area contributed by atoms with Gasteiger partial charge in [0.15, 0.2) is 0 Å². The Kier molecular flexibility index (Phi) is 53.4. The van der Waals surface area contributed by atoms with E-state index < -0.39 is 33.2 Å². The van der Waals surface area contributed by atoms with Gasteiger partial charge in [0.2, 0.25) is 0 Å². The van der Waals surface area contributed by atoms with Crippen LogP contribution < -0.4 is 0 Å². The van der Waals surface area contributed by atoms with Crippen molar-refractivity contribution in [2.24, 2.45) is 0 Å². The number of rotatable bonds is 57. The molecule has 0 aliphatic heterocycles. The summed E-state index contributed by atoms with van der Waals surface area (Å²) in [6.45, 7) is 3.62. The quantitative estimate of drug-likeness (QED) is 0.0310. The van der Waals surface area contributed by atoms with Gasteiger partial charge in [0.25, 0.3) is 0 Å². The van der Waals surface area contributed by atoms with Gasteiger partial charge in [0, 0.05) is 13.0 Å². The molecule has 3 atom stereocenters. The summed E-state index contributed by atoms with van der Waals surface area (Å²) in [4.78, 5) is 22.8. The average Bonchev–Trinajstić information content (AvgIpc) is 3.31. The minimum Gasteiger partial charge on any atom is -0.457 e. The lowest BCUT2D eigenvalue weighted by molar-refractivity contribution is -0.154. The second-order valence-corrected chi connectivity index (χ2v) is 21.5. The lowest BCUT2D eigenvalue weighted by atomic mass is 10.0. The topological polar surface area (TPSA) is 132 Å². The van der Waals surface area contributed by atoms with Gasteiger partial charge < -0.3 is 24.6 Å². The molecule has 0 spiro atoms. The average molecular weight is 961 g/mol. The predicted octanol–water partition coefficient (Wildman–Crippen LogP) is 17.4. The zero-order chi connectivity index (χ0) is 48.1. The molecule has 0 saturated heterocycles. The van der Waals surface area contributed by atoms with Crippen LogP contribution >= 0.6 is 7.82 Å². The molecule has 0 amide bonds. The molecule has 0 saturated carbocycles. The van der Waals surface area contributed by atoms with Gasteiger partial charge in [0.1, 0.15) is 12.2 Å². The highest BCUT2D eigenvalue weighted by atomic mass is 31.2. The Balaban J connectivity index is 3.94. The van der Waals surface area contributed by atoms with Crippen molar-refractivity contribution in [2.75, 3.05) is 33.0 Å². The molecule has 10 heteroatoms. The van der Waals surface area contributed by atoms with Crippen LogP contribution in [0.3, 0.4) is 0 Å². The van der Waals surface area contributed by atoms with Crippen LogP contribution in [0.2, 0.25) is 0 Å². The number of aliphatic hydroxyl groups excluding tert-OH is 2. The van der Waals surface area contributed by atoms with E-state index >= 15 is 0 Å². The maximum Gasteiger partial charge on any atom is 0.472 e. The highest BCUT2D eigenvalue weighted by Crippen LogP contribution is 2.43. The molecule has 3 N–H and O–H groups in total. The second-order valence-electron chi connectivity index (χ2n) is 20.0. The van der Waals surface area contributed by atoms with Crippen molar-refractivity contribution >= 4 is 13.8 Å². The fraction of sp³-hybridized carbons (Fsp3) is 0.982. The summed E-state index contributed by atoms with van der Waals surface area (Å²) in [5, 5.41) is 18.5. The summed E-state index contributed by atoms with van der Waals surface area (Å²) in [6.07, 6.45) is 58.0. The van der Waals surface area contributed by atoms with E-state index in [9.17, 15) is 19.4 Å². The van der Waals surface area contributed by atoms with Gasteiger partial charge in [-0.25, -0.2) is 4.57 Å². The number of unbranched alkanes of at least 4 members (excludes halogenated alkanes) is 43. The molecular formula is C56H113O9P. The molecule has 0 rings (SSSR count). The Bertz CT molecular complexity index is 1000. The van der Waals surface area contributed by atoms with Gasteiger partial charge in [-0.05, 0) is 12.8 Å². The minimum absolute atomic E-state index is 0.0592. The monoisotopic (exact) mass is 961 g/mol. The fourth-order valence-corrected chi connectivity index (χ4v) is 9.68. The molecule has 0 aromatic heterocycles. The van der Waals surface area contributed by atoms with Crippen molar-refractivity contribution in [3.05, 3.63) is 0 Å². The zero-order valence-corrected chi connectivity index (χ0v) is 44.8. The number of phosphoric acid groups is 1. The second kappa shape index (κ2) is 53.8. The maximum absolute atomic E-state index is 12.7. The summed E-state index contributed by atoms with van der Waals surface area (Å²) in [7, 11) is -4.52. The highest BCUT2D eigenvalue weighted by molar-refractivity contribution is 7.47. The van der Waals surface area contributed by atoms with Crippen LogP contribution in [0, 0.1) is 0 Å². The van der Waals surface area contributed by atoms with Crippen molar-refractivity contribution in [3.8, 4) is 0 Å². The van der Waals surface area contributed by atoms with Crippen LogP contribution in [0.5, 0.6) is 0 Å². The number of carbonyl (C=O) groups is 1. The van der Waals surface area contributed by atoms with Crippen LogP contribution in [0.1, 0.15) is 309 Å². The summed E-state index contributed by atoms with van der Waals surface area (Å²) >= 11 is 0. The van der Waals surface area contributed by atoms with E-state index in [2.05, 4.69) is 13.8 Å². The van der Waals surface area contributed by atoms with E-state index in [0.29, 0.717) is 6.61 Å². The van der Waals surface area contributed by atoms with Gasteiger partial charge >= 0.3 is 13.8 Å². The molecule has 0 aliphatic rings. The fourth-order valence-electron chi connectivity index (χ4n) is 8.89. The zero-order valence-electron chi connectivity index (χ0n) is 44.0. The molecule has 0 radical (unpaired) electrons. The predicted molar refractivity (Wildman–Crippen MR) is 279 cm³/mol. The third-order valence-corrected chi connectivity index (χ3v) is 14.2. The highest BCUT2D eigenvalue weighted by Gasteiger charge is 2.26. The molecule has 0 bridgehead atoms. The summed E-state index contributed by atoms with van der Waals surface area (Å²) in [5.41, 5.74) is 0. The lowest BCUT2D eigenvalue weighted by Crippen LogP contribution is -2.29. The first-order chi connectivity index (χ1) is 32.3. The number of ether oxygens (including phenoxy) is 2. The van der Waals surface area contributed by atoms with Crippen LogP contribution in [0.4, 0.5) is 0 Å². The first-order valence-corrected chi connectivity index (χ1v) is 30.5. The first kappa shape index (κ1) is 65.5. The minimum atomic E-state index is -4.52. The van der Waals surface area contributed by atoms with Crippen molar-refractivity contribution in [1.82, 2.24) is 0 Å². The molecule has 0 heterocycles. The summed E-state index contributed by atoms with van der Waals surface area (Å²) in [5.74, 6) is -0.371. The maximum atomic E-state index is 12.7. The summed E-state index contributed by atoms with van der Waals surface area (Å²) in [6, 6.07) is 0. The van der Waals surface area contributed by atoms with E-state index in [0.717, 1.165) is 32.1 Å². The Morgan fingerprint density at radius 3 is 0.985 bits per heavy atom. The van der Waals surface area contributed by atoms with Gasteiger partial charge in [-0.1, -0.05) is 290 Å². The van der Waals surface area contributed by atoms with E-state index in [1.807, 2.05) is 0 Å². The van der Waals surface area contributed by atoms with Crippen LogP contribution in [0.25, 0.3) is 0 Å². The molecule has 0 aromatic carbocycles. The normalized spacial score (nSPS) is 13.6. The number of aliphatic hydroxyl groups is 2. The van der Waals surface area contributed by atoms with Gasteiger partial charge in [-0.15, -0.1) is 0 Å². The number of carbonyl (C=O) groups excluding carboxylic acids is 1. The van der Waals surface area contributed by atoms with E-state index in [4.69, 9.17) is 23.6 Å². The van der Waals surface area contributed by atoms with Crippen molar-refractivity contribution in [2.45, 2.75) is 321 Å². The van der Waals surface area contributed by atoms with Crippen molar-refractivity contribution < 1.29 is 43.0 Å². The Morgan fingerprint density at radius 2 is 0.682 bits per heavy atom. The van der Waals surface area contributed by atoms with Crippen LogP contribution in [-0.4, -0.2) is 66.3 Å². The largest absolute Gasteiger partial charge is 0.472 e. The molecule has 396 valence electrons. The van der Waals surface area contributed by atoms with Crippen LogP contribution in [-0.2, 0) is 27.9 Å². The number of phosphoric ester groups is 1. The Hall–Kier alpha value is -0.540. The Labute approximate surface area is 409 Å². The molecule has 0 fully saturated rings. The SMILES string of the molecule is CCCCCCCCCCCCCCCCCCCCCCCCCCOCC(COP(=O)(O)OCC(O)CO)OC(=O)CCCCCCCCCCCCCCCCCCCCCCC. The lowest BCUT2D eigenvalue weighted by Gasteiger charge is -2.20. The van der Waals surface area contributed by atoms with E-state index in [1.54, 1.807) is 0 Å². The number of hydrogen-bond acceptors (Lipinski definition) is 8. The molecule has 0 aliphatic carbocycles. The third kappa shape index (κ3) is 52.8. The Morgan fingerprint density at radius 1 is 0.409 bits per heavy atom. The third-order valence-electron chi connectivity index (χ3n) is 13.3. The molecule has 0 aromatic rings. The van der Waals surface area contributed by atoms with Crippen molar-refractivity contribution in [3.63, 3.8) is 0 Å². The first-order valence-electron chi connectivity index (χ1n) is 29.0. The van der Waals surface area contributed by atoms with Gasteiger partial charge in [-0.2, -0.15) is 0 Å². The van der Waals surface area contributed by atoms with Crippen LogP contribution in [0.15, 0.2) is 0 Å². The molecule has 3 unspecified atom stereocenters. The van der Waals surface area contributed by atoms with E-state index in [-0.39, 0.29) is 25.6 Å². The van der Waals surface area contributed by atoms with Gasteiger partial charge in [0.05, 0.1) is 26.4 Å². The molecule has 9 nitrogen and oxygen atoms in total. The summed E-state index contributed by atoms with van der Waals surface area (Å²) < 4.78 is 33.6. The van der Waals surface area contributed by atoms with Crippen molar-refractivity contribution in [1.29, 1.82) is 0 Å². The molecular weight excluding hydrogens is 848 g/mol. The number of hydrogen-bond donors (Lipinski definition) is 3. The smallest absolute Gasteiger partial charge is 0.457 e. The molecule has 66 heavy (non-hydrogen) atoms. The van der Waals surface area contributed by atoms with E-state index in [1.165, 1.54) is 257 Å². The number of esters is 1. The van der Waals surface area contributed by atoms with Gasteiger partial charge in [-0.3, -0.25) is 13.8 Å².